The maximum Gasteiger partial charge on any atom is 0.118 e. The summed E-state index contributed by atoms with van der Waals surface area (Å²) in [5, 5.41) is 8.60. The monoisotopic (exact) mass is 165 g/mol. The molecule has 0 aromatic heterocycles. The van der Waals surface area contributed by atoms with Crippen molar-refractivity contribution in [2.24, 2.45) is 5.73 Å². The molecule has 0 bridgehead atoms. The van der Waals surface area contributed by atoms with Crippen LogP contribution in [0.4, 0.5) is 0 Å². The first-order valence-electron chi connectivity index (χ1n) is 3.52. The fourth-order valence-corrected chi connectivity index (χ4v) is 0.858. The van der Waals surface area contributed by atoms with E-state index in [4.69, 9.17) is 15.6 Å². The Bertz CT molecular complexity index is 277. The highest BCUT2D eigenvalue weighted by Gasteiger charge is 1.95. The molecule has 0 aliphatic heterocycles. The summed E-state index contributed by atoms with van der Waals surface area (Å²) in [6.07, 6.45) is 0.877. The van der Waals surface area contributed by atoms with E-state index in [-0.39, 0.29) is 0 Å². The lowest BCUT2D eigenvalue weighted by Crippen LogP contribution is -1.95. The Morgan fingerprint density at radius 1 is 1.42 bits per heavy atom. The van der Waals surface area contributed by atoms with Gasteiger partial charge in [0, 0.05) is 5.56 Å². The summed E-state index contributed by atoms with van der Waals surface area (Å²) in [5.41, 5.74) is 6.58. The number of hydrogen-bond donors (Lipinski definition) is 2. The third-order valence-corrected chi connectivity index (χ3v) is 1.56. The molecule has 1 aromatic rings. The molecule has 1 aromatic carbocycles. The number of ether oxygens (including phenoxy) is 1. The van der Waals surface area contributed by atoms with E-state index in [0.717, 1.165) is 17.6 Å². The molecule has 12 heavy (non-hydrogen) atoms. The van der Waals surface area contributed by atoms with Gasteiger partial charge >= 0.3 is 0 Å². The summed E-state index contributed by atoms with van der Waals surface area (Å²) in [7, 11) is 1.60. The first-order valence-corrected chi connectivity index (χ1v) is 3.52. The lowest BCUT2D eigenvalue weighted by Gasteiger charge is -2.01. The summed E-state index contributed by atoms with van der Waals surface area (Å²) in [5.74, 6) is 0.768. The summed E-state index contributed by atoms with van der Waals surface area (Å²) >= 11 is 0. The number of methoxy groups -OCH3 is 1. The average molecular weight is 165 g/mol. The van der Waals surface area contributed by atoms with Crippen molar-refractivity contribution in [3.8, 4) is 5.75 Å². The van der Waals surface area contributed by atoms with Crippen LogP contribution in [0, 0.1) is 0 Å². The van der Waals surface area contributed by atoms with Crippen molar-refractivity contribution in [3.63, 3.8) is 0 Å². The van der Waals surface area contributed by atoms with Gasteiger partial charge in [0.15, 0.2) is 0 Å². The molecule has 0 radical (unpaired) electrons. The highest BCUT2D eigenvalue weighted by Crippen LogP contribution is 2.14. The fourth-order valence-electron chi connectivity index (χ4n) is 0.858. The number of rotatable bonds is 2. The second kappa shape index (κ2) is 3.67. The Hall–Kier alpha value is -1.64. The normalized spacial score (nSPS) is 11.2. The summed E-state index contributed by atoms with van der Waals surface area (Å²) in [6, 6.07) is 7.12. The van der Waals surface area contributed by atoms with E-state index in [1.165, 1.54) is 0 Å². The second-order valence-electron chi connectivity index (χ2n) is 2.31. The summed E-state index contributed by atoms with van der Waals surface area (Å²) in [6.45, 7) is 0. The Morgan fingerprint density at radius 2 is 2.00 bits per heavy atom. The Labute approximate surface area is 71.1 Å². The molecule has 1 rings (SSSR count). The minimum Gasteiger partial charge on any atom is -0.513 e. The van der Waals surface area contributed by atoms with E-state index < -0.39 is 0 Å². The molecule has 0 heterocycles. The third kappa shape index (κ3) is 1.69. The molecule has 0 amide bonds. The van der Waals surface area contributed by atoms with Crippen molar-refractivity contribution in [1.82, 2.24) is 0 Å². The third-order valence-electron chi connectivity index (χ3n) is 1.56. The van der Waals surface area contributed by atoms with Gasteiger partial charge in [0.05, 0.1) is 12.8 Å². The quantitative estimate of drug-likeness (QED) is 0.653. The molecule has 0 spiro atoms. The van der Waals surface area contributed by atoms with E-state index in [1.54, 1.807) is 31.4 Å². The van der Waals surface area contributed by atoms with Gasteiger partial charge in [-0.05, 0) is 24.3 Å². The lowest BCUT2D eigenvalue weighted by molar-refractivity contribution is 0.414. The first-order chi connectivity index (χ1) is 5.77. The van der Waals surface area contributed by atoms with E-state index in [9.17, 15) is 0 Å². The van der Waals surface area contributed by atoms with Crippen molar-refractivity contribution in [2.45, 2.75) is 0 Å². The molecule has 3 heteroatoms. The number of nitrogens with two attached hydrogens (primary N) is 1. The van der Waals surface area contributed by atoms with Gasteiger partial charge in [-0.25, -0.2) is 0 Å². The van der Waals surface area contributed by atoms with Gasteiger partial charge in [-0.3, -0.25) is 0 Å². The van der Waals surface area contributed by atoms with Gasteiger partial charge in [0.2, 0.25) is 0 Å². The van der Waals surface area contributed by atoms with Gasteiger partial charge in [0.25, 0.3) is 0 Å². The maximum absolute atomic E-state index is 8.60. The summed E-state index contributed by atoms with van der Waals surface area (Å²) in [4.78, 5) is 0. The van der Waals surface area contributed by atoms with Crippen LogP contribution in [0.15, 0.2) is 30.5 Å². The van der Waals surface area contributed by atoms with Gasteiger partial charge in [-0.2, -0.15) is 0 Å². The van der Waals surface area contributed by atoms with Crippen molar-refractivity contribution < 1.29 is 9.84 Å². The molecular formula is C9H11NO2. The van der Waals surface area contributed by atoms with Crippen LogP contribution >= 0.6 is 0 Å². The largest absolute Gasteiger partial charge is 0.513 e. The van der Waals surface area contributed by atoms with Crippen LogP contribution in [0.1, 0.15) is 5.56 Å². The predicted molar refractivity (Wildman–Crippen MR) is 47.8 cm³/mol. The Morgan fingerprint density at radius 3 is 2.42 bits per heavy atom. The van der Waals surface area contributed by atoms with Crippen LogP contribution in [0.2, 0.25) is 0 Å². The van der Waals surface area contributed by atoms with Crippen LogP contribution in [-0.2, 0) is 0 Å². The minimum absolute atomic E-state index is 0.345. The van der Waals surface area contributed by atoms with Gasteiger partial charge in [-0.1, -0.05) is 0 Å². The average Bonchev–Trinajstić information content (AvgIpc) is 2.17. The minimum atomic E-state index is 0.345. The highest BCUT2D eigenvalue weighted by atomic mass is 16.5. The molecular weight excluding hydrogens is 154 g/mol. The van der Waals surface area contributed by atoms with E-state index in [1.807, 2.05) is 0 Å². The molecule has 3 nitrogen and oxygen atoms in total. The zero-order valence-electron chi connectivity index (χ0n) is 6.82. The standard InChI is InChI=1S/C9H11NO2/c1-12-8-4-2-7(3-5-8)9(10)6-11/h2-6,11H,10H2,1H3. The molecule has 3 N–H and O–H groups in total. The Balaban J connectivity index is 2.92. The van der Waals surface area contributed by atoms with E-state index in [2.05, 4.69) is 0 Å². The molecule has 0 atom stereocenters. The number of aliphatic hydroxyl groups is 1. The SMILES string of the molecule is COc1ccc(C(N)=CO)cc1. The topological polar surface area (TPSA) is 55.5 Å². The zero-order chi connectivity index (χ0) is 8.97. The number of hydrogen-bond acceptors (Lipinski definition) is 3. The predicted octanol–water partition coefficient (Wildman–Crippen LogP) is 1.51. The first kappa shape index (κ1) is 8.46. The van der Waals surface area contributed by atoms with Crippen molar-refractivity contribution in [1.29, 1.82) is 0 Å². The van der Waals surface area contributed by atoms with E-state index >= 15 is 0 Å². The summed E-state index contributed by atoms with van der Waals surface area (Å²) < 4.78 is 4.96. The van der Waals surface area contributed by atoms with Crippen molar-refractivity contribution >= 4 is 5.70 Å². The fraction of sp³-hybridized carbons (Fsp3) is 0.111. The second-order valence-corrected chi connectivity index (χ2v) is 2.31. The highest BCUT2D eigenvalue weighted by molar-refractivity contribution is 5.61. The van der Waals surface area contributed by atoms with Crippen LogP contribution in [0.5, 0.6) is 5.75 Å². The van der Waals surface area contributed by atoms with E-state index in [0.29, 0.717) is 5.70 Å². The van der Waals surface area contributed by atoms with Crippen molar-refractivity contribution in [2.75, 3.05) is 7.11 Å². The lowest BCUT2D eigenvalue weighted by atomic mass is 10.2. The van der Waals surface area contributed by atoms with Crippen molar-refractivity contribution in [3.05, 3.63) is 36.1 Å². The molecule has 0 unspecified atom stereocenters. The maximum atomic E-state index is 8.60. The number of benzene rings is 1. The van der Waals surface area contributed by atoms with Gasteiger partial charge in [0.1, 0.15) is 12.0 Å². The molecule has 0 aliphatic rings. The van der Waals surface area contributed by atoms with Gasteiger partial charge in [-0.15, -0.1) is 0 Å². The smallest absolute Gasteiger partial charge is 0.118 e. The molecule has 0 saturated carbocycles. The zero-order valence-corrected chi connectivity index (χ0v) is 6.82. The van der Waals surface area contributed by atoms with Crippen LogP contribution < -0.4 is 10.5 Å². The Kier molecular flexibility index (Phi) is 2.58. The van der Waals surface area contributed by atoms with Crippen LogP contribution in [0.25, 0.3) is 5.70 Å². The molecule has 0 aliphatic carbocycles. The molecule has 64 valence electrons. The number of aliphatic hydroxyl groups excluding tert-OH is 1. The van der Waals surface area contributed by atoms with Crippen LogP contribution in [0.3, 0.4) is 0 Å². The molecule has 0 saturated heterocycles. The molecule has 0 fully saturated rings. The van der Waals surface area contributed by atoms with Gasteiger partial charge < -0.3 is 15.6 Å². The van der Waals surface area contributed by atoms with Crippen LogP contribution in [-0.4, -0.2) is 12.2 Å².